The molecule has 3 aromatic carbocycles. The summed E-state index contributed by atoms with van der Waals surface area (Å²) in [5.74, 6) is 1.95. The number of hydrogen-bond acceptors (Lipinski definition) is 8. The zero-order chi connectivity index (χ0) is 27.1. The van der Waals surface area contributed by atoms with Gasteiger partial charge in [0.15, 0.2) is 0 Å². The van der Waals surface area contributed by atoms with Crippen molar-refractivity contribution >= 4 is 92.4 Å². The van der Waals surface area contributed by atoms with E-state index in [1.807, 2.05) is 62.6 Å². The number of halogens is 4. The fourth-order valence-electron chi connectivity index (χ4n) is 3.25. The fraction of sp³-hybridized carbons (Fsp3) is 0.154. The number of rotatable bonds is 10. The maximum absolute atomic E-state index is 6.33. The molecule has 196 valence electrons. The van der Waals surface area contributed by atoms with Gasteiger partial charge in [-0.3, -0.25) is 0 Å². The number of hydrogen-bond donors (Lipinski definition) is 2. The van der Waals surface area contributed by atoms with Crippen LogP contribution in [0.2, 0.25) is 10.0 Å². The van der Waals surface area contributed by atoms with Crippen LogP contribution in [0.15, 0.2) is 65.8 Å². The molecule has 0 saturated carbocycles. The van der Waals surface area contributed by atoms with E-state index < -0.39 is 0 Å². The topological polar surface area (TPSA) is 87.6 Å². The van der Waals surface area contributed by atoms with E-state index in [4.69, 9.17) is 27.9 Å². The van der Waals surface area contributed by atoms with Gasteiger partial charge in [-0.05, 0) is 75.0 Å². The van der Waals surface area contributed by atoms with Crippen molar-refractivity contribution in [2.75, 3.05) is 29.7 Å². The summed E-state index contributed by atoms with van der Waals surface area (Å²) in [6.07, 6.45) is 1.68. The number of anilines is 3. The van der Waals surface area contributed by atoms with Crippen LogP contribution in [0, 0.1) is 7.14 Å². The van der Waals surface area contributed by atoms with Crippen molar-refractivity contribution in [1.29, 1.82) is 0 Å². The number of benzene rings is 3. The highest BCUT2D eigenvalue weighted by Gasteiger charge is 2.12. The van der Waals surface area contributed by atoms with E-state index in [0.717, 1.165) is 23.8 Å². The fourth-order valence-corrected chi connectivity index (χ4v) is 5.76. The van der Waals surface area contributed by atoms with Crippen molar-refractivity contribution in [3.05, 3.63) is 94.5 Å². The first-order valence-corrected chi connectivity index (χ1v) is 14.3. The van der Waals surface area contributed by atoms with Gasteiger partial charge >= 0.3 is 0 Å². The van der Waals surface area contributed by atoms with Crippen molar-refractivity contribution in [1.82, 2.24) is 15.0 Å². The average Bonchev–Trinajstić information content (AvgIpc) is 2.88. The number of nitrogens with zero attached hydrogens (tertiary/aromatic N) is 5. The van der Waals surface area contributed by atoms with Crippen LogP contribution in [0.3, 0.4) is 0 Å². The highest BCUT2D eigenvalue weighted by Crippen LogP contribution is 2.30. The Morgan fingerprint density at radius 3 is 2.47 bits per heavy atom. The molecule has 0 atom stereocenters. The van der Waals surface area contributed by atoms with Gasteiger partial charge in [0.05, 0.1) is 9.78 Å². The van der Waals surface area contributed by atoms with E-state index in [0.29, 0.717) is 40.2 Å². The van der Waals surface area contributed by atoms with Crippen molar-refractivity contribution in [2.45, 2.75) is 13.2 Å². The van der Waals surface area contributed by atoms with Crippen LogP contribution in [-0.2, 0) is 13.2 Å². The maximum atomic E-state index is 6.33. The van der Waals surface area contributed by atoms with E-state index in [9.17, 15) is 0 Å². The first-order chi connectivity index (χ1) is 18.3. The second kappa shape index (κ2) is 13.6. The number of nitrogens with one attached hydrogen (secondary N) is 2. The van der Waals surface area contributed by atoms with Crippen LogP contribution >= 0.6 is 68.4 Å². The molecule has 0 unspecified atom stereocenters. The van der Waals surface area contributed by atoms with Gasteiger partial charge in [-0.2, -0.15) is 20.1 Å². The van der Waals surface area contributed by atoms with Crippen molar-refractivity contribution in [3.8, 4) is 5.75 Å². The summed E-state index contributed by atoms with van der Waals surface area (Å²) in [4.78, 5) is 15.2. The number of ether oxygens (including phenoxy) is 1. The summed E-state index contributed by atoms with van der Waals surface area (Å²) >= 11 is 16.9. The van der Waals surface area contributed by atoms with Gasteiger partial charge in [0.25, 0.3) is 0 Å². The molecule has 0 saturated heterocycles. The predicted molar refractivity (Wildman–Crippen MR) is 172 cm³/mol. The Morgan fingerprint density at radius 1 is 0.974 bits per heavy atom. The Hall–Kier alpha value is -2.42. The van der Waals surface area contributed by atoms with Crippen LogP contribution in [0.25, 0.3) is 0 Å². The van der Waals surface area contributed by atoms with Gasteiger partial charge in [-0.1, -0.05) is 59.6 Å². The van der Waals surface area contributed by atoms with Gasteiger partial charge in [0.1, 0.15) is 12.4 Å². The molecule has 0 aliphatic rings. The second-order valence-corrected chi connectivity index (χ2v) is 11.5. The standard InChI is InChI=1S/C26H23Cl2I2N7O/c1-37(2)26-34-24(31-13-16-6-4-3-5-7-16)33-25(35-26)36-32-14-18-10-20(29)12-22(30)23(18)38-15-17-8-9-19(27)11-21(17)28/h3-12,14H,13,15H2,1-2H3,(H2,31,33,34,35,36)/b32-14-. The Balaban J connectivity index is 1.51. The Morgan fingerprint density at radius 2 is 1.74 bits per heavy atom. The minimum atomic E-state index is 0.289. The SMILES string of the molecule is CN(C)c1nc(NCc2ccccc2)nc(N/N=C\c2cc(I)cc(I)c2OCc2ccc(Cl)cc2Cl)n1. The molecule has 0 spiro atoms. The zero-order valence-electron chi connectivity index (χ0n) is 20.4. The minimum Gasteiger partial charge on any atom is -0.487 e. The van der Waals surface area contributed by atoms with Gasteiger partial charge in [0.2, 0.25) is 17.8 Å². The van der Waals surface area contributed by atoms with Crippen LogP contribution in [-0.4, -0.2) is 35.3 Å². The Labute approximate surface area is 258 Å². The lowest BCUT2D eigenvalue weighted by atomic mass is 10.2. The highest BCUT2D eigenvalue weighted by atomic mass is 127. The van der Waals surface area contributed by atoms with Gasteiger partial charge in [0, 0.05) is 45.4 Å². The lowest BCUT2D eigenvalue weighted by molar-refractivity contribution is 0.303. The van der Waals surface area contributed by atoms with Gasteiger partial charge in [-0.15, -0.1) is 0 Å². The van der Waals surface area contributed by atoms with Crippen molar-refractivity contribution in [2.24, 2.45) is 5.10 Å². The molecule has 4 rings (SSSR count). The molecule has 2 N–H and O–H groups in total. The zero-order valence-corrected chi connectivity index (χ0v) is 26.2. The third kappa shape index (κ3) is 8.04. The summed E-state index contributed by atoms with van der Waals surface area (Å²) in [6, 6.07) is 19.4. The molecular formula is C26H23Cl2I2N7O. The molecule has 1 heterocycles. The first-order valence-electron chi connectivity index (χ1n) is 11.3. The molecule has 1 aromatic heterocycles. The first kappa shape index (κ1) is 28.6. The smallest absolute Gasteiger partial charge is 0.250 e. The molecule has 0 aliphatic carbocycles. The summed E-state index contributed by atoms with van der Waals surface area (Å²) in [7, 11) is 3.74. The predicted octanol–water partition coefficient (Wildman–Crippen LogP) is 7.09. The lowest BCUT2D eigenvalue weighted by Crippen LogP contribution is -2.16. The molecule has 4 aromatic rings. The van der Waals surface area contributed by atoms with E-state index in [1.54, 1.807) is 23.2 Å². The minimum absolute atomic E-state index is 0.289. The maximum Gasteiger partial charge on any atom is 0.250 e. The lowest BCUT2D eigenvalue weighted by Gasteiger charge is -2.14. The summed E-state index contributed by atoms with van der Waals surface area (Å²) in [5, 5.41) is 8.77. The second-order valence-electron chi connectivity index (χ2n) is 8.22. The quantitative estimate of drug-likeness (QED) is 0.101. The molecule has 0 aliphatic heterocycles. The molecule has 0 bridgehead atoms. The van der Waals surface area contributed by atoms with Crippen molar-refractivity contribution < 1.29 is 4.74 Å². The monoisotopic (exact) mass is 773 g/mol. The van der Waals surface area contributed by atoms with Gasteiger partial charge < -0.3 is 15.0 Å². The molecule has 38 heavy (non-hydrogen) atoms. The van der Waals surface area contributed by atoms with Gasteiger partial charge in [-0.25, -0.2) is 5.43 Å². The molecule has 12 heteroatoms. The summed E-state index contributed by atoms with van der Waals surface area (Å²) < 4.78 is 8.16. The Kier molecular flexibility index (Phi) is 10.2. The molecular weight excluding hydrogens is 751 g/mol. The third-order valence-corrected chi connectivity index (χ3v) is 7.12. The number of hydrazone groups is 1. The van der Waals surface area contributed by atoms with E-state index in [-0.39, 0.29) is 6.61 Å². The largest absolute Gasteiger partial charge is 0.487 e. The van der Waals surface area contributed by atoms with Crippen LogP contribution in [0.5, 0.6) is 5.75 Å². The van der Waals surface area contributed by atoms with Crippen LogP contribution < -0.4 is 20.4 Å². The highest BCUT2D eigenvalue weighted by molar-refractivity contribution is 14.1. The molecule has 0 amide bonds. The summed E-state index contributed by atoms with van der Waals surface area (Å²) in [6.45, 7) is 0.872. The molecule has 8 nitrogen and oxygen atoms in total. The van der Waals surface area contributed by atoms with E-state index in [2.05, 4.69) is 76.0 Å². The Bertz CT molecular complexity index is 1440. The summed E-state index contributed by atoms with van der Waals surface area (Å²) in [5.41, 5.74) is 5.68. The molecule has 0 fully saturated rings. The van der Waals surface area contributed by atoms with Crippen LogP contribution in [0.1, 0.15) is 16.7 Å². The van der Waals surface area contributed by atoms with E-state index in [1.165, 1.54) is 0 Å². The van der Waals surface area contributed by atoms with E-state index >= 15 is 0 Å². The third-order valence-electron chi connectivity index (χ3n) is 5.11. The van der Waals surface area contributed by atoms with Crippen LogP contribution in [0.4, 0.5) is 17.8 Å². The molecule has 0 radical (unpaired) electrons. The normalized spacial score (nSPS) is 11.0. The average molecular weight is 774 g/mol. The van der Waals surface area contributed by atoms with Crippen molar-refractivity contribution in [3.63, 3.8) is 0 Å². The number of aromatic nitrogens is 3.